The van der Waals surface area contributed by atoms with Gasteiger partial charge >= 0.3 is 0 Å². The average Bonchev–Trinajstić information content (AvgIpc) is 2.27. The lowest BCUT2D eigenvalue weighted by molar-refractivity contribution is 0.595. The van der Waals surface area contributed by atoms with Crippen LogP contribution in [0.25, 0.3) is 0 Å². The molecular formula is C9H10ClNO2S. The molecule has 0 fully saturated rings. The molecule has 0 saturated carbocycles. The second kappa shape index (κ2) is 3.53. The second-order valence-corrected chi connectivity index (χ2v) is 5.70. The van der Waals surface area contributed by atoms with Crippen molar-refractivity contribution in [3.8, 4) is 0 Å². The summed E-state index contributed by atoms with van der Waals surface area (Å²) in [7, 11) is -3.15. The molecule has 5 heteroatoms. The Kier molecular flexibility index (Phi) is 2.51. The van der Waals surface area contributed by atoms with Gasteiger partial charge in [-0.15, -0.1) is 0 Å². The summed E-state index contributed by atoms with van der Waals surface area (Å²) in [6.07, 6.45) is 0. The Balaban J connectivity index is 2.68. The predicted octanol–water partition coefficient (Wildman–Crippen LogP) is 1.22. The molecule has 14 heavy (non-hydrogen) atoms. The molecule has 0 radical (unpaired) electrons. The number of hydrogen-bond acceptors (Lipinski definition) is 3. The third kappa shape index (κ3) is 1.65. The normalized spacial score (nSPS) is 19.8. The monoisotopic (exact) mass is 231 g/mol. The number of fused-ring (bicyclic) bond motifs is 1. The molecular weight excluding hydrogens is 222 g/mol. The van der Waals surface area contributed by atoms with Crippen LogP contribution in [0.2, 0.25) is 5.02 Å². The van der Waals surface area contributed by atoms with Gasteiger partial charge in [0.1, 0.15) is 0 Å². The summed E-state index contributed by atoms with van der Waals surface area (Å²) in [4.78, 5) is 0.370. The first-order valence-corrected chi connectivity index (χ1v) is 6.35. The zero-order chi connectivity index (χ0) is 10.2. The van der Waals surface area contributed by atoms with E-state index < -0.39 is 9.84 Å². The first-order valence-electron chi connectivity index (χ1n) is 4.32. The topological polar surface area (TPSA) is 46.2 Å². The minimum Gasteiger partial charge on any atom is -0.312 e. The van der Waals surface area contributed by atoms with Crippen molar-refractivity contribution < 1.29 is 8.42 Å². The number of benzene rings is 1. The fourth-order valence-electron chi connectivity index (χ4n) is 1.53. The molecule has 0 aromatic heterocycles. The van der Waals surface area contributed by atoms with Gasteiger partial charge in [-0.1, -0.05) is 17.7 Å². The van der Waals surface area contributed by atoms with E-state index in [0.717, 1.165) is 0 Å². The number of halogens is 1. The maximum atomic E-state index is 11.7. The van der Waals surface area contributed by atoms with E-state index in [1.165, 1.54) is 0 Å². The van der Waals surface area contributed by atoms with Crippen LogP contribution in [0.5, 0.6) is 0 Å². The van der Waals surface area contributed by atoms with Crippen molar-refractivity contribution in [2.45, 2.75) is 11.4 Å². The Hall–Kier alpha value is -0.580. The van der Waals surface area contributed by atoms with E-state index in [1.807, 2.05) is 0 Å². The Morgan fingerprint density at radius 1 is 1.36 bits per heavy atom. The Labute approximate surface area is 88.0 Å². The van der Waals surface area contributed by atoms with E-state index in [1.54, 1.807) is 18.2 Å². The summed E-state index contributed by atoms with van der Waals surface area (Å²) in [5, 5.41) is 3.55. The summed E-state index contributed by atoms with van der Waals surface area (Å²) < 4.78 is 23.5. The zero-order valence-corrected chi connectivity index (χ0v) is 9.03. The molecule has 0 saturated heterocycles. The number of hydrogen-bond donors (Lipinski definition) is 1. The van der Waals surface area contributed by atoms with Crippen LogP contribution in [0.4, 0.5) is 0 Å². The van der Waals surface area contributed by atoms with E-state index in [0.29, 0.717) is 28.6 Å². The van der Waals surface area contributed by atoms with Gasteiger partial charge in [0.05, 0.1) is 10.6 Å². The summed E-state index contributed by atoms with van der Waals surface area (Å²) in [5.41, 5.74) is 0.687. The smallest absolute Gasteiger partial charge is 0.179 e. The van der Waals surface area contributed by atoms with Crippen LogP contribution in [0.3, 0.4) is 0 Å². The van der Waals surface area contributed by atoms with Crippen LogP contribution in [0, 0.1) is 0 Å². The highest BCUT2D eigenvalue weighted by Gasteiger charge is 2.22. The van der Waals surface area contributed by atoms with Crippen LogP contribution in [0.1, 0.15) is 5.56 Å². The van der Waals surface area contributed by atoms with Crippen LogP contribution in [0.15, 0.2) is 23.1 Å². The molecule has 1 aliphatic heterocycles. The second-order valence-electron chi connectivity index (χ2n) is 3.21. The summed E-state index contributed by atoms with van der Waals surface area (Å²) in [5.74, 6) is 0.139. The molecule has 0 amide bonds. The van der Waals surface area contributed by atoms with E-state index in [-0.39, 0.29) is 5.75 Å². The Morgan fingerprint density at radius 3 is 2.93 bits per heavy atom. The van der Waals surface area contributed by atoms with E-state index in [2.05, 4.69) is 5.32 Å². The van der Waals surface area contributed by atoms with Gasteiger partial charge in [-0.05, 0) is 12.1 Å². The van der Waals surface area contributed by atoms with Gasteiger partial charge in [0.2, 0.25) is 0 Å². The van der Waals surface area contributed by atoms with Crippen molar-refractivity contribution in [3.05, 3.63) is 28.8 Å². The average molecular weight is 232 g/mol. The molecule has 1 heterocycles. The fourth-order valence-corrected chi connectivity index (χ4v) is 3.31. The van der Waals surface area contributed by atoms with Gasteiger partial charge in [0.25, 0.3) is 0 Å². The minimum absolute atomic E-state index is 0.139. The number of rotatable bonds is 0. The molecule has 3 nitrogen and oxygen atoms in total. The standard InChI is InChI=1S/C9H10ClNO2S/c10-8-2-1-3-9-7(8)6-11-4-5-14(9,12)13/h1-3,11H,4-6H2. The molecule has 2 rings (SSSR count). The molecule has 1 N–H and O–H groups in total. The van der Waals surface area contributed by atoms with Gasteiger partial charge < -0.3 is 5.32 Å². The van der Waals surface area contributed by atoms with E-state index in [4.69, 9.17) is 11.6 Å². The fraction of sp³-hybridized carbons (Fsp3) is 0.333. The lowest BCUT2D eigenvalue weighted by Crippen LogP contribution is -2.17. The minimum atomic E-state index is -3.15. The van der Waals surface area contributed by atoms with Crippen molar-refractivity contribution in [2.75, 3.05) is 12.3 Å². The molecule has 1 aromatic carbocycles. The van der Waals surface area contributed by atoms with Crippen molar-refractivity contribution in [1.29, 1.82) is 0 Å². The highest BCUT2D eigenvalue weighted by Crippen LogP contribution is 2.25. The lowest BCUT2D eigenvalue weighted by Gasteiger charge is -2.06. The van der Waals surface area contributed by atoms with Gasteiger partial charge in [-0.3, -0.25) is 0 Å². The van der Waals surface area contributed by atoms with Crippen molar-refractivity contribution >= 4 is 21.4 Å². The quantitative estimate of drug-likeness (QED) is 0.730. The van der Waals surface area contributed by atoms with Gasteiger partial charge in [-0.2, -0.15) is 0 Å². The van der Waals surface area contributed by atoms with Crippen LogP contribution in [-0.2, 0) is 16.4 Å². The first kappa shape index (κ1) is 9.96. The maximum absolute atomic E-state index is 11.7. The maximum Gasteiger partial charge on any atom is 0.179 e. The third-order valence-corrected chi connectivity index (χ3v) is 4.41. The van der Waals surface area contributed by atoms with Crippen molar-refractivity contribution in [2.24, 2.45) is 0 Å². The molecule has 1 aliphatic rings. The van der Waals surface area contributed by atoms with Crippen LogP contribution < -0.4 is 5.32 Å². The molecule has 1 aromatic rings. The van der Waals surface area contributed by atoms with Gasteiger partial charge in [-0.25, -0.2) is 8.42 Å². The van der Waals surface area contributed by atoms with Crippen LogP contribution >= 0.6 is 11.6 Å². The molecule has 0 bridgehead atoms. The van der Waals surface area contributed by atoms with Gasteiger partial charge in [0, 0.05) is 23.7 Å². The van der Waals surface area contributed by atoms with Crippen molar-refractivity contribution in [1.82, 2.24) is 5.32 Å². The SMILES string of the molecule is O=S1(=O)CCNCc2c(Cl)cccc21. The summed E-state index contributed by atoms with van der Waals surface area (Å²) in [6.45, 7) is 1.00. The summed E-state index contributed by atoms with van der Waals surface area (Å²) in [6, 6.07) is 5.00. The van der Waals surface area contributed by atoms with E-state index in [9.17, 15) is 8.42 Å². The Bertz CT molecular complexity index is 456. The summed E-state index contributed by atoms with van der Waals surface area (Å²) >= 11 is 5.94. The Morgan fingerprint density at radius 2 is 2.14 bits per heavy atom. The third-order valence-electron chi connectivity index (χ3n) is 2.26. The highest BCUT2D eigenvalue weighted by molar-refractivity contribution is 7.91. The molecule has 0 atom stereocenters. The zero-order valence-electron chi connectivity index (χ0n) is 7.46. The number of nitrogens with one attached hydrogen (secondary N) is 1. The number of sulfone groups is 1. The predicted molar refractivity (Wildman–Crippen MR) is 55.2 cm³/mol. The molecule has 0 spiro atoms. The lowest BCUT2D eigenvalue weighted by atomic mass is 10.2. The largest absolute Gasteiger partial charge is 0.312 e. The molecule has 0 aliphatic carbocycles. The van der Waals surface area contributed by atoms with E-state index >= 15 is 0 Å². The molecule has 0 unspecified atom stereocenters. The molecule has 76 valence electrons. The first-order chi connectivity index (χ1) is 6.61. The van der Waals surface area contributed by atoms with Crippen LogP contribution in [-0.4, -0.2) is 20.7 Å². The van der Waals surface area contributed by atoms with Gasteiger partial charge in [0.15, 0.2) is 9.84 Å². The highest BCUT2D eigenvalue weighted by atomic mass is 35.5. The van der Waals surface area contributed by atoms with Crippen molar-refractivity contribution in [3.63, 3.8) is 0 Å².